The van der Waals surface area contributed by atoms with Gasteiger partial charge in [-0.3, -0.25) is 9.11 Å². The van der Waals surface area contributed by atoms with Gasteiger partial charge in [-0.2, -0.15) is 10.6 Å². The van der Waals surface area contributed by atoms with E-state index >= 15 is 0 Å². The first-order chi connectivity index (χ1) is 14.3. The predicted octanol–water partition coefficient (Wildman–Crippen LogP) is 4.10. The number of rotatable bonds is 5. The van der Waals surface area contributed by atoms with E-state index in [4.69, 9.17) is 4.74 Å². The highest BCUT2D eigenvalue weighted by atomic mass is 32.3. The molecule has 1 unspecified atom stereocenters. The molecule has 3 rings (SSSR count). The van der Waals surface area contributed by atoms with Gasteiger partial charge < -0.3 is 15.2 Å². The van der Waals surface area contributed by atoms with Crippen LogP contribution in [0.3, 0.4) is 0 Å². The van der Waals surface area contributed by atoms with Gasteiger partial charge in [0.1, 0.15) is 16.6 Å². The predicted molar refractivity (Wildman–Crippen MR) is 118 cm³/mol. The first-order valence-corrected chi connectivity index (χ1v) is 13.0. The van der Waals surface area contributed by atoms with Gasteiger partial charge >= 0.3 is 6.09 Å². The van der Waals surface area contributed by atoms with Crippen molar-refractivity contribution in [1.29, 1.82) is 0 Å². The maximum atomic E-state index is 13.3. The molecule has 2 aromatic rings. The van der Waals surface area contributed by atoms with Crippen LogP contribution in [0.5, 0.6) is 5.75 Å². The van der Waals surface area contributed by atoms with Gasteiger partial charge in [0.05, 0.1) is 15.5 Å². The number of ether oxygens (including phenoxy) is 1. The molecule has 0 fully saturated rings. The molecule has 170 valence electrons. The van der Waals surface area contributed by atoms with Crippen LogP contribution in [-0.4, -0.2) is 46.6 Å². The second-order valence-electron chi connectivity index (χ2n) is 8.33. The van der Waals surface area contributed by atoms with Crippen molar-refractivity contribution >= 4 is 26.5 Å². The molecule has 0 aliphatic carbocycles. The quantitative estimate of drug-likeness (QED) is 0.518. The third-order valence-corrected chi connectivity index (χ3v) is 8.99. The molecule has 0 spiro atoms. The van der Waals surface area contributed by atoms with E-state index < -0.39 is 37.4 Å². The summed E-state index contributed by atoms with van der Waals surface area (Å²) in [7, 11) is -7.30. The highest BCUT2D eigenvalue weighted by Gasteiger charge is 2.45. The van der Waals surface area contributed by atoms with Gasteiger partial charge in [-0.1, -0.05) is 18.2 Å². The summed E-state index contributed by atoms with van der Waals surface area (Å²) >= 11 is 0. The largest absolute Gasteiger partial charge is 0.508 e. The second-order valence-corrected chi connectivity index (χ2v) is 12.6. The van der Waals surface area contributed by atoms with Gasteiger partial charge in [-0.05, 0) is 51.5 Å². The normalized spacial score (nSPS) is 18.8. The lowest BCUT2D eigenvalue weighted by atomic mass is 10.0. The Hall–Kier alpha value is -2.27. The number of carbonyl (C=O) groups excluding carboxylic acids is 1. The fraction of sp³-hybridized carbons (Fsp3) is 0.381. The number of alkyl carbamates (subject to hydrolysis) is 1. The Morgan fingerprint density at radius 1 is 1.16 bits per heavy atom. The third kappa shape index (κ3) is 4.98. The second kappa shape index (κ2) is 8.34. The molecule has 1 aliphatic heterocycles. The van der Waals surface area contributed by atoms with Crippen LogP contribution in [-0.2, 0) is 21.0 Å². The van der Waals surface area contributed by atoms with E-state index in [2.05, 4.69) is 5.32 Å². The zero-order chi connectivity index (χ0) is 23.0. The van der Waals surface area contributed by atoms with E-state index in [1.165, 1.54) is 24.3 Å². The lowest BCUT2D eigenvalue weighted by Crippen LogP contribution is -2.33. The molecule has 8 nitrogen and oxygen atoms in total. The van der Waals surface area contributed by atoms with E-state index in [9.17, 15) is 27.4 Å². The summed E-state index contributed by atoms with van der Waals surface area (Å²) in [5.41, 5.74) is -0.225. The van der Waals surface area contributed by atoms with Gasteiger partial charge in [-0.25, -0.2) is 13.2 Å². The van der Waals surface area contributed by atoms with Crippen LogP contribution in [0.4, 0.5) is 4.79 Å². The number of phenolic OH excluding ortho intramolecular Hbond substituents is 1. The molecule has 10 heteroatoms. The van der Waals surface area contributed by atoms with Crippen molar-refractivity contribution in [3.05, 3.63) is 53.6 Å². The number of phenols is 1. The fourth-order valence-corrected chi connectivity index (χ4v) is 8.02. The maximum absolute atomic E-state index is 13.3. The van der Waals surface area contributed by atoms with Crippen LogP contribution in [0.1, 0.15) is 37.1 Å². The number of aromatic hydroxyl groups is 1. The molecule has 0 saturated carbocycles. The smallest absolute Gasteiger partial charge is 0.407 e. The lowest BCUT2D eigenvalue weighted by Gasteiger charge is -2.27. The van der Waals surface area contributed by atoms with Crippen molar-refractivity contribution < 1.29 is 32.2 Å². The summed E-state index contributed by atoms with van der Waals surface area (Å²) in [5, 5.41) is 11.8. The third-order valence-electron chi connectivity index (χ3n) is 4.84. The lowest BCUT2D eigenvalue weighted by molar-refractivity contribution is 0.0528. The average molecular weight is 470 g/mol. The van der Waals surface area contributed by atoms with E-state index in [1.54, 1.807) is 39.0 Å². The van der Waals surface area contributed by atoms with Crippen LogP contribution in [0.2, 0.25) is 0 Å². The minimum absolute atomic E-state index is 0.0595. The molecule has 1 atom stereocenters. The Balaban J connectivity index is 1.95. The molecule has 4 N–H and O–H groups in total. The summed E-state index contributed by atoms with van der Waals surface area (Å²) in [5.74, 6) is -0.551. The van der Waals surface area contributed by atoms with Crippen molar-refractivity contribution in [2.45, 2.75) is 47.8 Å². The van der Waals surface area contributed by atoms with Crippen molar-refractivity contribution in [3.63, 3.8) is 0 Å². The minimum atomic E-state index is -3.95. The Morgan fingerprint density at radius 2 is 1.81 bits per heavy atom. The van der Waals surface area contributed by atoms with E-state index in [0.717, 1.165) is 0 Å². The van der Waals surface area contributed by atoms with Gasteiger partial charge in [0, 0.05) is 17.7 Å². The molecule has 0 radical (unpaired) electrons. The van der Waals surface area contributed by atoms with E-state index in [-0.39, 0.29) is 45.4 Å². The number of sulfone groups is 1. The maximum Gasteiger partial charge on any atom is 0.407 e. The molecule has 0 saturated heterocycles. The zero-order valence-electron chi connectivity index (χ0n) is 17.5. The number of amides is 1. The number of carbonyl (C=O) groups is 1. The van der Waals surface area contributed by atoms with Crippen LogP contribution < -0.4 is 5.32 Å². The van der Waals surface area contributed by atoms with Crippen LogP contribution >= 0.6 is 10.6 Å². The van der Waals surface area contributed by atoms with Crippen molar-refractivity contribution in [2.75, 3.05) is 12.3 Å². The summed E-state index contributed by atoms with van der Waals surface area (Å²) in [6, 6.07) is 10.4. The Kier molecular flexibility index (Phi) is 6.30. The number of nitrogens with one attached hydrogen (secondary N) is 1. The van der Waals surface area contributed by atoms with E-state index in [0.29, 0.717) is 0 Å². The molecule has 0 aromatic heterocycles. The summed E-state index contributed by atoms with van der Waals surface area (Å²) in [6.45, 7) is 5.25. The summed E-state index contributed by atoms with van der Waals surface area (Å²) in [6.07, 6.45) is -0.554. The standard InChI is InChI=1S/C21H27NO7S2/c1-21(2,3)29-20(24)22-12-11-15-16(23)9-10-17-19(15)18(13-30(17,25)26)31(27,28)14-7-5-4-6-8-14/h4-10,18,23,25-26H,11-13H2,1-3H3,(H,22,24). The van der Waals surface area contributed by atoms with Gasteiger partial charge in [0.2, 0.25) is 0 Å². The molecule has 1 amide bonds. The SMILES string of the molecule is CC(C)(C)OC(=O)NCCc1c(O)ccc2c1C(S(=O)(=O)c1ccccc1)CS2(O)O. The molecule has 2 aromatic carbocycles. The first-order valence-electron chi connectivity index (χ1n) is 9.69. The van der Waals surface area contributed by atoms with Crippen molar-refractivity contribution in [2.24, 2.45) is 0 Å². The fourth-order valence-electron chi connectivity index (χ4n) is 3.54. The van der Waals surface area contributed by atoms with Crippen molar-refractivity contribution in [1.82, 2.24) is 5.32 Å². The van der Waals surface area contributed by atoms with Gasteiger partial charge in [0.25, 0.3) is 0 Å². The van der Waals surface area contributed by atoms with Crippen LogP contribution in [0.25, 0.3) is 0 Å². The number of benzene rings is 2. The Bertz CT molecular complexity index is 1080. The first kappa shape index (κ1) is 23.4. The number of hydrogen-bond acceptors (Lipinski definition) is 7. The van der Waals surface area contributed by atoms with Crippen LogP contribution in [0.15, 0.2) is 52.3 Å². The molecule has 1 heterocycles. The average Bonchev–Trinajstić information content (AvgIpc) is 2.94. The highest BCUT2D eigenvalue weighted by molar-refractivity contribution is 8.25. The highest BCUT2D eigenvalue weighted by Crippen LogP contribution is 2.62. The topological polar surface area (TPSA) is 133 Å². The van der Waals surface area contributed by atoms with E-state index in [1.807, 2.05) is 0 Å². The Morgan fingerprint density at radius 3 is 2.42 bits per heavy atom. The molecular weight excluding hydrogens is 442 g/mol. The monoisotopic (exact) mass is 469 g/mol. The summed E-state index contributed by atoms with van der Waals surface area (Å²) in [4.78, 5) is 12.1. The van der Waals surface area contributed by atoms with Crippen LogP contribution in [0, 0.1) is 0 Å². The number of hydrogen-bond donors (Lipinski definition) is 4. The molecule has 1 aliphatic rings. The summed E-state index contributed by atoms with van der Waals surface area (Å²) < 4.78 is 53.0. The van der Waals surface area contributed by atoms with Crippen molar-refractivity contribution in [3.8, 4) is 5.75 Å². The number of fused-ring (bicyclic) bond motifs is 1. The molecule has 31 heavy (non-hydrogen) atoms. The van der Waals surface area contributed by atoms with Gasteiger partial charge in [-0.15, -0.1) is 0 Å². The molecular formula is C21H27NO7S2. The Labute approximate surface area is 183 Å². The zero-order valence-corrected chi connectivity index (χ0v) is 19.2. The van der Waals surface area contributed by atoms with Gasteiger partial charge in [0.15, 0.2) is 9.84 Å². The molecule has 0 bridgehead atoms. The minimum Gasteiger partial charge on any atom is -0.508 e.